The van der Waals surface area contributed by atoms with Crippen LogP contribution in [0.5, 0.6) is 0 Å². The number of fused-ring (bicyclic) bond motifs is 3. The highest BCUT2D eigenvalue weighted by molar-refractivity contribution is 6.15. The summed E-state index contributed by atoms with van der Waals surface area (Å²) in [6.07, 6.45) is 7.10. The molecule has 0 fully saturated rings. The molecule has 2 atom stereocenters. The molecule has 0 bridgehead atoms. The molecule has 0 spiro atoms. The van der Waals surface area contributed by atoms with Gasteiger partial charge in [0.25, 0.3) is 0 Å². The highest BCUT2D eigenvalue weighted by atomic mass is 15.2. The van der Waals surface area contributed by atoms with Crippen LogP contribution in [0, 0.1) is 5.92 Å². The van der Waals surface area contributed by atoms with E-state index in [2.05, 4.69) is 212 Å². The molecule has 2 aliphatic rings. The lowest BCUT2D eigenvalue weighted by Crippen LogP contribution is -2.39. The fourth-order valence-corrected chi connectivity index (χ4v) is 8.20. The number of nitrogens with zero attached hydrogens (tertiary/aromatic N) is 2. The average molecular weight is 718 g/mol. The van der Waals surface area contributed by atoms with Crippen molar-refractivity contribution in [3.8, 4) is 33.4 Å². The van der Waals surface area contributed by atoms with Crippen molar-refractivity contribution in [1.82, 2.24) is 5.32 Å². The Balaban J connectivity index is 1.05. The van der Waals surface area contributed by atoms with Crippen molar-refractivity contribution < 1.29 is 0 Å². The van der Waals surface area contributed by atoms with Gasteiger partial charge in [0.15, 0.2) is 6.17 Å². The molecule has 3 heteroatoms. The third kappa shape index (κ3) is 6.54. The summed E-state index contributed by atoms with van der Waals surface area (Å²) in [4.78, 5) is 10.7. The zero-order chi connectivity index (χ0) is 37.3. The third-order valence-electron chi connectivity index (χ3n) is 11.0. The Morgan fingerprint density at radius 3 is 1.84 bits per heavy atom. The van der Waals surface area contributed by atoms with E-state index in [1.54, 1.807) is 0 Å². The van der Waals surface area contributed by atoms with Gasteiger partial charge in [0, 0.05) is 11.5 Å². The summed E-state index contributed by atoms with van der Waals surface area (Å²) in [6.45, 7) is 0. The van der Waals surface area contributed by atoms with Crippen LogP contribution < -0.4 is 5.32 Å². The lowest BCUT2D eigenvalue weighted by Gasteiger charge is -2.28. The molecular weight excluding hydrogens is 679 g/mol. The molecule has 0 saturated carbocycles. The first-order valence-electron chi connectivity index (χ1n) is 19.4. The van der Waals surface area contributed by atoms with E-state index < -0.39 is 6.17 Å². The first-order valence-corrected chi connectivity index (χ1v) is 19.4. The summed E-state index contributed by atoms with van der Waals surface area (Å²) in [5.41, 5.74) is 11.7. The van der Waals surface area contributed by atoms with Gasteiger partial charge in [-0.3, -0.25) is 0 Å². The van der Waals surface area contributed by atoms with E-state index in [0.717, 1.165) is 40.3 Å². The zero-order valence-corrected chi connectivity index (χ0v) is 30.9. The summed E-state index contributed by atoms with van der Waals surface area (Å²) in [5.74, 6) is 1.82. The van der Waals surface area contributed by atoms with Crippen molar-refractivity contribution in [2.45, 2.75) is 12.6 Å². The molecule has 0 aromatic heterocycles. The predicted octanol–water partition coefficient (Wildman–Crippen LogP) is 13.1. The van der Waals surface area contributed by atoms with E-state index >= 15 is 0 Å². The molecule has 0 radical (unpaired) electrons. The number of benzene rings is 8. The second kappa shape index (κ2) is 14.6. The Bertz CT molecular complexity index is 2860. The molecule has 1 N–H and O–H groups in total. The van der Waals surface area contributed by atoms with E-state index in [0.29, 0.717) is 0 Å². The first kappa shape index (κ1) is 33.5. The Morgan fingerprint density at radius 2 is 1.04 bits per heavy atom. The average Bonchev–Trinajstić information content (AvgIpc) is 3.29. The maximum atomic E-state index is 5.37. The quantitative estimate of drug-likeness (QED) is 0.164. The molecule has 56 heavy (non-hydrogen) atoms. The number of amidine groups is 2. The van der Waals surface area contributed by atoms with E-state index in [-0.39, 0.29) is 5.92 Å². The molecule has 0 amide bonds. The zero-order valence-electron chi connectivity index (χ0n) is 30.9. The minimum Gasteiger partial charge on any atom is -0.328 e. The van der Waals surface area contributed by atoms with E-state index in [1.807, 2.05) is 0 Å². The van der Waals surface area contributed by atoms with Crippen molar-refractivity contribution in [3.63, 3.8) is 0 Å². The number of allylic oxidation sites excluding steroid dienone is 3. The topological polar surface area (TPSA) is 36.8 Å². The lowest BCUT2D eigenvalue weighted by atomic mass is 9.88. The van der Waals surface area contributed by atoms with Gasteiger partial charge < -0.3 is 5.32 Å². The highest BCUT2D eigenvalue weighted by Crippen LogP contribution is 2.37. The molecule has 266 valence electrons. The smallest absolute Gasteiger partial charge is 0.169 e. The van der Waals surface area contributed by atoms with Crippen LogP contribution in [0.3, 0.4) is 0 Å². The van der Waals surface area contributed by atoms with Crippen molar-refractivity contribution >= 4 is 38.8 Å². The van der Waals surface area contributed by atoms with Gasteiger partial charge in [0.05, 0.1) is 0 Å². The van der Waals surface area contributed by atoms with Gasteiger partial charge >= 0.3 is 0 Å². The fraction of sp³-hybridized carbons (Fsp3) is 0.0566. The Kier molecular flexibility index (Phi) is 8.74. The number of nitrogens with one attached hydrogen (secondary N) is 1. The van der Waals surface area contributed by atoms with E-state index in [4.69, 9.17) is 9.98 Å². The van der Waals surface area contributed by atoms with Gasteiger partial charge in [-0.15, -0.1) is 0 Å². The number of aliphatic imine (C=N–C) groups is 2. The summed E-state index contributed by atoms with van der Waals surface area (Å²) in [5, 5.41) is 8.75. The summed E-state index contributed by atoms with van der Waals surface area (Å²) in [6, 6.07) is 67.2. The molecule has 1 aliphatic carbocycles. The molecule has 1 heterocycles. The summed E-state index contributed by atoms with van der Waals surface area (Å²) in [7, 11) is 0. The number of rotatable bonds is 7. The molecule has 2 unspecified atom stereocenters. The Hall–Kier alpha value is -7.10. The van der Waals surface area contributed by atoms with Crippen molar-refractivity contribution in [1.29, 1.82) is 0 Å². The van der Waals surface area contributed by atoms with Crippen LogP contribution in [0.15, 0.2) is 216 Å². The van der Waals surface area contributed by atoms with Crippen LogP contribution in [0.2, 0.25) is 0 Å². The van der Waals surface area contributed by atoms with Crippen molar-refractivity contribution in [2.24, 2.45) is 15.9 Å². The number of hydrogen-bond acceptors (Lipinski definition) is 3. The van der Waals surface area contributed by atoms with Crippen LogP contribution in [0.1, 0.15) is 29.3 Å². The SMILES string of the molecule is C1=CC(C2=NC(c3cccc(-c4cccc(-c5ccccc5)c4)c3)N=C(c3cccc(-c4cc5ccccc5c5ccccc45)c3)N2)CC(c2ccccc2)=C1. The normalized spacial score (nSPS) is 16.5. The maximum Gasteiger partial charge on any atom is 0.169 e. The van der Waals surface area contributed by atoms with Crippen molar-refractivity contribution in [3.05, 3.63) is 223 Å². The van der Waals surface area contributed by atoms with E-state index in [9.17, 15) is 0 Å². The third-order valence-corrected chi connectivity index (χ3v) is 11.0. The maximum absolute atomic E-state index is 5.37. The molecule has 8 aromatic rings. The first-order chi connectivity index (χ1) is 27.7. The molecule has 8 aromatic carbocycles. The van der Waals surface area contributed by atoms with E-state index in [1.165, 1.54) is 54.9 Å². The Morgan fingerprint density at radius 1 is 0.446 bits per heavy atom. The largest absolute Gasteiger partial charge is 0.328 e. The summed E-state index contributed by atoms with van der Waals surface area (Å²) < 4.78 is 0. The van der Waals surface area contributed by atoms with Gasteiger partial charge in [-0.05, 0) is 102 Å². The number of hydrogen-bond donors (Lipinski definition) is 1. The van der Waals surface area contributed by atoms with Gasteiger partial charge in [0.2, 0.25) is 0 Å². The summed E-state index contributed by atoms with van der Waals surface area (Å²) >= 11 is 0. The van der Waals surface area contributed by atoms with Gasteiger partial charge in [-0.25, -0.2) is 9.98 Å². The van der Waals surface area contributed by atoms with Gasteiger partial charge in [-0.1, -0.05) is 182 Å². The molecule has 0 saturated heterocycles. The lowest BCUT2D eigenvalue weighted by molar-refractivity contribution is 0.723. The second-order valence-electron chi connectivity index (χ2n) is 14.6. The highest BCUT2D eigenvalue weighted by Gasteiger charge is 2.26. The van der Waals surface area contributed by atoms with Gasteiger partial charge in [0.1, 0.15) is 11.7 Å². The van der Waals surface area contributed by atoms with Crippen LogP contribution in [0.4, 0.5) is 0 Å². The fourth-order valence-electron chi connectivity index (χ4n) is 8.20. The van der Waals surface area contributed by atoms with Crippen LogP contribution in [0.25, 0.3) is 60.5 Å². The minimum atomic E-state index is -0.414. The molecule has 1 aliphatic heterocycles. The van der Waals surface area contributed by atoms with Crippen LogP contribution in [-0.2, 0) is 0 Å². The Labute approximate surface area is 327 Å². The van der Waals surface area contributed by atoms with Crippen LogP contribution >= 0.6 is 0 Å². The van der Waals surface area contributed by atoms with Crippen molar-refractivity contribution in [2.75, 3.05) is 0 Å². The van der Waals surface area contributed by atoms with Gasteiger partial charge in [-0.2, -0.15) is 0 Å². The minimum absolute atomic E-state index is 0.0709. The molecular formula is C53H39N3. The van der Waals surface area contributed by atoms with Crippen LogP contribution in [-0.4, -0.2) is 11.7 Å². The second-order valence-corrected chi connectivity index (χ2v) is 14.6. The standard InChI is InChI=1S/C53H39N3/c1-3-15-36(16-4-1)38-20-11-22-40(31-38)41-23-13-26-45(33-41)52-54-51(44-25-12-21-39(32-44)37-17-5-2-6-18-37)55-53(56-52)46-27-14-24-42(34-46)50-35-43-19-7-8-28-47(43)48-29-9-10-30-49(48)50/h1-31,33-35,44,52H,32H2,(H,54,55,56). The molecule has 3 nitrogen and oxygen atoms in total. The monoisotopic (exact) mass is 717 g/mol. The molecule has 10 rings (SSSR count). The predicted molar refractivity (Wildman–Crippen MR) is 236 cm³/mol.